The summed E-state index contributed by atoms with van der Waals surface area (Å²) in [5.74, 6) is 2.04. The summed E-state index contributed by atoms with van der Waals surface area (Å²) < 4.78 is 7.25. The van der Waals surface area contributed by atoms with Crippen LogP contribution in [0.5, 0.6) is 0 Å². The van der Waals surface area contributed by atoms with Gasteiger partial charge in [0, 0.05) is 31.6 Å². The Hall–Kier alpha value is -2.13. The zero-order valence-electron chi connectivity index (χ0n) is 13.6. The monoisotopic (exact) mass is 363 g/mol. The van der Waals surface area contributed by atoms with Crippen molar-refractivity contribution in [3.8, 4) is 11.6 Å². The second-order valence-corrected chi connectivity index (χ2v) is 6.79. The van der Waals surface area contributed by atoms with Gasteiger partial charge in [-0.15, -0.1) is 21.5 Å². The molecule has 0 fully saturated rings. The highest BCUT2D eigenvalue weighted by molar-refractivity contribution is 7.98. The van der Waals surface area contributed by atoms with E-state index in [1.165, 1.54) is 11.3 Å². The Morgan fingerprint density at radius 3 is 2.96 bits per heavy atom. The number of aromatic nitrogens is 4. The summed E-state index contributed by atoms with van der Waals surface area (Å²) in [4.78, 5) is 17.8. The van der Waals surface area contributed by atoms with Crippen molar-refractivity contribution in [1.82, 2.24) is 19.7 Å². The predicted octanol–water partition coefficient (Wildman–Crippen LogP) is 3.20. The number of hydrogen-bond acceptors (Lipinski definition) is 7. The van der Waals surface area contributed by atoms with E-state index >= 15 is 0 Å². The fourth-order valence-corrected chi connectivity index (χ4v) is 4.02. The molecule has 0 aliphatic rings. The van der Waals surface area contributed by atoms with Crippen LogP contribution in [0.25, 0.3) is 11.6 Å². The maximum atomic E-state index is 11.6. The zero-order valence-corrected chi connectivity index (χ0v) is 15.2. The lowest BCUT2D eigenvalue weighted by atomic mass is 10.4. The van der Waals surface area contributed by atoms with Gasteiger partial charge in [0.1, 0.15) is 0 Å². The average Bonchev–Trinajstić information content (AvgIpc) is 3.27. The van der Waals surface area contributed by atoms with Gasteiger partial charge in [0.2, 0.25) is 5.91 Å². The van der Waals surface area contributed by atoms with Gasteiger partial charge in [-0.05, 0) is 19.1 Å². The van der Waals surface area contributed by atoms with E-state index in [2.05, 4.69) is 15.2 Å². The smallest absolute Gasteiger partial charge is 0.225 e. The molecule has 24 heavy (non-hydrogen) atoms. The van der Waals surface area contributed by atoms with Gasteiger partial charge in [-0.25, -0.2) is 4.98 Å². The van der Waals surface area contributed by atoms with Crippen LogP contribution in [0.15, 0.2) is 33.3 Å². The third-order valence-corrected chi connectivity index (χ3v) is 5.36. The number of furan rings is 1. The molecule has 3 rings (SSSR count). The van der Waals surface area contributed by atoms with E-state index < -0.39 is 0 Å². The van der Waals surface area contributed by atoms with Gasteiger partial charge >= 0.3 is 0 Å². The number of thioether (sulfide) groups is 1. The first-order valence-corrected chi connectivity index (χ1v) is 9.25. The number of carbonyl (C=O) groups excluding carboxylic acids is 1. The van der Waals surface area contributed by atoms with Gasteiger partial charge in [-0.3, -0.25) is 9.69 Å². The molecule has 3 aromatic rings. The minimum absolute atomic E-state index is 0.00226. The molecule has 1 amide bonds. The Balaban J connectivity index is 1.69. The Bertz CT molecular complexity index is 825. The molecule has 0 N–H and O–H groups in total. The molecular weight excluding hydrogens is 346 g/mol. The molecule has 9 heteroatoms. The zero-order chi connectivity index (χ0) is 17.1. The lowest BCUT2D eigenvalue weighted by molar-refractivity contribution is -0.116. The largest absolute Gasteiger partial charge is 0.461 e. The van der Waals surface area contributed by atoms with Crippen molar-refractivity contribution in [3.63, 3.8) is 0 Å². The highest BCUT2D eigenvalue weighted by atomic mass is 32.2. The highest BCUT2D eigenvalue weighted by Gasteiger charge is 2.16. The molecule has 0 unspecified atom stereocenters. The lowest BCUT2D eigenvalue weighted by Crippen LogP contribution is -2.27. The van der Waals surface area contributed by atoms with E-state index in [1.807, 2.05) is 36.1 Å². The van der Waals surface area contributed by atoms with Crippen LogP contribution in [-0.4, -0.2) is 32.2 Å². The van der Waals surface area contributed by atoms with E-state index in [4.69, 9.17) is 4.42 Å². The van der Waals surface area contributed by atoms with Gasteiger partial charge < -0.3 is 8.98 Å². The summed E-state index contributed by atoms with van der Waals surface area (Å²) in [6.07, 6.45) is 1.61. The lowest BCUT2D eigenvalue weighted by Gasteiger charge is -2.14. The number of rotatable bonds is 6. The summed E-state index contributed by atoms with van der Waals surface area (Å²) in [7, 11) is 1.90. The first kappa shape index (κ1) is 16.7. The number of amides is 1. The van der Waals surface area contributed by atoms with Crippen LogP contribution in [0.4, 0.5) is 5.13 Å². The molecule has 3 aromatic heterocycles. The van der Waals surface area contributed by atoms with Crippen LogP contribution in [0, 0.1) is 0 Å². The third-order valence-electron chi connectivity index (χ3n) is 3.39. The Kier molecular flexibility index (Phi) is 5.00. The van der Waals surface area contributed by atoms with E-state index in [1.54, 1.807) is 29.8 Å². The van der Waals surface area contributed by atoms with Crippen LogP contribution in [-0.2, 0) is 17.6 Å². The molecule has 0 saturated heterocycles. The molecular formula is C15H17N5O2S2. The first-order valence-electron chi connectivity index (χ1n) is 7.38. The van der Waals surface area contributed by atoms with Gasteiger partial charge in [-0.1, -0.05) is 11.8 Å². The van der Waals surface area contributed by atoms with Crippen molar-refractivity contribution in [2.45, 2.75) is 24.8 Å². The number of carbonyl (C=O) groups is 1. The molecule has 126 valence electrons. The molecule has 0 spiro atoms. The molecule has 0 aliphatic carbocycles. The summed E-state index contributed by atoms with van der Waals surface area (Å²) in [5, 5.41) is 11.9. The Labute approximate surface area is 147 Å². The van der Waals surface area contributed by atoms with Crippen molar-refractivity contribution in [1.29, 1.82) is 0 Å². The minimum Gasteiger partial charge on any atom is -0.461 e. The van der Waals surface area contributed by atoms with Crippen molar-refractivity contribution in [3.05, 3.63) is 29.5 Å². The van der Waals surface area contributed by atoms with Crippen LogP contribution in [0.3, 0.4) is 0 Å². The Morgan fingerprint density at radius 2 is 2.29 bits per heavy atom. The van der Waals surface area contributed by atoms with Crippen molar-refractivity contribution in [2.24, 2.45) is 7.05 Å². The fourth-order valence-electron chi connectivity index (χ4n) is 2.18. The Morgan fingerprint density at radius 1 is 1.46 bits per heavy atom. The average molecular weight is 363 g/mol. The summed E-state index contributed by atoms with van der Waals surface area (Å²) in [6.45, 7) is 4.10. The maximum Gasteiger partial charge on any atom is 0.225 e. The van der Waals surface area contributed by atoms with Crippen LogP contribution in [0.1, 0.15) is 19.5 Å². The number of nitrogens with zero attached hydrogens (tertiary/aromatic N) is 5. The number of hydrogen-bond donors (Lipinski definition) is 0. The molecule has 0 radical (unpaired) electrons. The normalized spacial score (nSPS) is 11.0. The molecule has 0 saturated carbocycles. The molecule has 0 aliphatic heterocycles. The fraction of sp³-hybridized carbons (Fsp3) is 0.333. The SMILES string of the molecule is CCN(C(C)=O)c1nc(CSc2nnc(-c3ccco3)n2C)cs1. The van der Waals surface area contributed by atoms with E-state index in [0.717, 1.165) is 16.0 Å². The van der Waals surface area contributed by atoms with Crippen molar-refractivity contribution < 1.29 is 9.21 Å². The molecule has 3 heterocycles. The number of anilines is 1. The van der Waals surface area contributed by atoms with Crippen molar-refractivity contribution in [2.75, 3.05) is 11.4 Å². The quantitative estimate of drug-likeness (QED) is 0.626. The van der Waals surface area contributed by atoms with Gasteiger partial charge in [0.05, 0.1) is 12.0 Å². The van der Waals surface area contributed by atoms with E-state index in [-0.39, 0.29) is 5.91 Å². The maximum absolute atomic E-state index is 11.6. The molecule has 0 bridgehead atoms. The van der Waals surface area contributed by atoms with Crippen molar-refractivity contribution >= 4 is 34.1 Å². The first-order chi connectivity index (χ1) is 11.6. The van der Waals surface area contributed by atoms with Crippen LogP contribution < -0.4 is 4.90 Å². The topological polar surface area (TPSA) is 77.1 Å². The summed E-state index contributed by atoms with van der Waals surface area (Å²) in [5.41, 5.74) is 0.919. The second-order valence-electron chi connectivity index (χ2n) is 5.02. The minimum atomic E-state index is 0.00226. The standard InChI is InChI=1S/C15H17N5O2S2/c1-4-20(10(2)21)14-16-11(8-23-14)9-24-15-18-17-13(19(15)3)12-6-5-7-22-12/h5-8H,4,9H2,1-3H3. The van der Waals surface area contributed by atoms with Gasteiger partial charge in [-0.2, -0.15) is 0 Å². The van der Waals surface area contributed by atoms with E-state index in [0.29, 0.717) is 23.9 Å². The van der Waals surface area contributed by atoms with Crippen LogP contribution >= 0.6 is 23.1 Å². The highest BCUT2D eigenvalue weighted by Crippen LogP contribution is 2.28. The third kappa shape index (κ3) is 3.36. The van der Waals surface area contributed by atoms with Crippen LogP contribution in [0.2, 0.25) is 0 Å². The molecule has 7 nitrogen and oxygen atoms in total. The summed E-state index contributed by atoms with van der Waals surface area (Å²) in [6, 6.07) is 3.68. The van der Waals surface area contributed by atoms with E-state index in [9.17, 15) is 4.79 Å². The number of thiazole rings is 1. The van der Waals surface area contributed by atoms with Gasteiger partial charge in [0.15, 0.2) is 21.9 Å². The predicted molar refractivity (Wildman–Crippen MR) is 94.1 cm³/mol. The summed E-state index contributed by atoms with van der Waals surface area (Å²) >= 11 is 3.02. The second kappa shape index (κ2) is 7.18. The molecule has 0 atom stereocenters. The van der Waals surface area contributed by atoms with Gasteiger partial charge in [0.25, 0.3) is 0 Å². The molecule has 0 aromatic carbocycles.